The summed E-state index contributed by atoms with van der Waals surface area (Å²) >= 11 is 0. The topological polar surface area (TPSA) is 71.3 Å². The quantitative estimate of drug-likeness (QED) is 0.682. The third kappa shape index (κ3) is 5.08. The largest absolute Gasteiger partial charge is 0.467 e. The van der Waals surface area contributed by atoms with Crippen LogP contribution in [-0.2, 0) is 17.8 Å². The van der Waals surface area contributed by atoms with E-state index in [-0.39, 0.29) is 11.8 Å². The van der Waals surface area contributed by atoms with Crippen molar-refractivity contribution in [2.75, 3.05) is 5.32 Å². The highest BCUT2D eigenvalue weighted by Gasteiger charge is 2.09. The first-order valence-electron chi connectivity index (χ1n) is 8.45. The van der Waals surface area contributed by atoms with E-state index in [1.807, 2.05) is 30.3 Å². The fraction of sp³-hybridized carbons (Fsp3) is 0.143. The Kier molecular flexibility index (Phi) is 5.83. The van der Waals surface area contributed by atoms with E-state index in [1.54, 1.807) is 42.7 Å². The molecule has 0 saturated carbocycles. The fourth-order valence-corrected chi connectivity index (χ4v) is 2.55. The van der Waals surface area contributed by atoms with Gasteiger partial charge in [-0.1, -0.05) is 36.4 Å². The van der Waals surface area contributed by atoms with Gasteiger partial charge in [0.2, 0.25) is 5.91 Å². The van der Waals surface area contributed by atoms with E-state index < -0.39 is 0 Å². The van der Waals surface area contributed by atoms with Crippen LogP contribution in [0.4, 0.5) is 5.69 Å². The van der Waals surface area contributed by atoms with Crippen molar-refractivity contribution in [2.24, 2.45) is 0 Å². The molecule has 0 atom stereocenters. The first-order valence-corrected chi connectivity index (χ1v) is 8.45. The lowest BCUT2D eigenvalue weighted by molar-refractivity contribution is -0.116. The van der Waals surface area contributed by atoms with E-state index >= 15 is 0 Å². The molecule has 0 aliphatic carbocycles. The van der Waals surface area contributed by atoms with Crippen LogP contribution in [0.5, 0.6) is 0 Å². The summed E-state index contributed by atoms with van der Waals surface area (Å²) in [5.74, 6) is 0.382. The number of benzene rings is 2. The van der Waals surface area contributed by atoms with Gasteiger partial charge in [0.05, 0.1) is 12.8 Å². The number of nitrogens with one attached hydrogen (secondary N) is 2. The summed E-state index contributed by atoms with van der Waals surface area (Å²) in [7, 11) is 0. The lowest BCUT2D eigenvalue weighted by Gasteiger charge is -2.08. The van der Waals surface area contributed by atoms with Gasteiger partial charge in [-0.2, -0.15) is 0 Å². The van der Waals surface area contributed by atoms with Crippen molar-refractivity contribution in [3.8, 4) is 0 Å². The van der Waals surface area contributed by atoms with Gasteiger partial charge in [0.15, 0.2) is 0 Å². The maximum atomic E-state index is 12.2. The van der Waals surface area contributed by atoms with Crippen LogP contribution < -0.4 is 10.6 Å². The monoisotopic (exact) mass is 348 g/mol. The number of rotatable bonds is 7. The second-order valence-corrected chi connectivity index (χ2v) is 5.88. The van der Waals surface area contributed by atoms with Gasteiger partial charge in [0, 0.05) is 17.7 Å². The molecule has 5 nitrogen and oxygen atoms in total. The lowest BCUT2D eigenvalue weighted by atomic mass is 10.1. The number of carbonyl (C=O) groups excluding carboxylic acids is 2. The smallest absolute Gasteiger partial charge is 0.251 e. The summed E-state index contributed by atoms with van der Waals surface area (Å²) in [6, 6.07) is 20.3. The molecule has 1 heterocycles. The summed E-state index contributed by atoms with van der Waals surface area (Å²) in [5.41, 5.74) is 2.21. The normalized spacial score (nSPS) is 10.3. The molecule has 3 rings (SSSR count). The zero-order chi connectivity index (χ0) is 18.2. The van der Waals surface area contributed by atoms with Crippen LogP contribution in [0.1, 0.15) is 28.1 Å². The Bertz CT molecular complexity index is 858. The first kappa shape index (κ1) is 17.5. The number of hydrogen-bond donors (Lipinski definition) is 2. The highest BCUT2D eigenvalue weighted by Crippen LogP contribution is 2.12. The Hall–Kier alpha value is -3.34. The molecule has 0 radical (unpaired) electrons. The fourth-order valence-electron chi connectivity index (χ4n) is 2.55. The number of anilines is 1. The van der Waals surface area contributed by atoms with Crippen LogP contribution in [0.15, 0.2) is 77.4 Å². The van der Waals surface area contributed by atoms with Crippen molar-refractivity contribution in [1.29, 1.82) is 0 Å². The van der Waals surface area contributed by atoms with Crippen LogP contribution >= 0.6 is 0 Å². The van der Waals surface area contributed by atoms with Crippen molar-refractivity contribution in [2.45, 2.75) is 19.4 Å². The molecular formula is C21H20N2O3. The van der Waals surface area contributed by atoms with Crippen molar-refractivity contribution in [3.63, 3.8) is 0 Å². The third-order valence-corrected chi connectivity index (χ3v) is 3.90. The van der Waals surface area contributed by atoms with Gasteiger partial charge < -0.3 is 15.1 Å². The highest BCUT2D eigenvalue weighted by molar-refractivity contribution is 5.97. The number of furan rings is 1. The van der Waals surface area contributed by atoms with Gasteiger partial charge >= 0.3 is 0 Å². The van der Waals surface area contributed by atoms with Crippen LogP contribution in [0.3, 0.4) is 0 Å². The molecule has 0 bridgehead atoms. The molecule has 3 aromatic rings. The molecule has 0 aliphatic rings. The average molecular weight is 348 g/mol. The Morgan fingerprint density at radius 1 is 0.923 bits per heavy atom. The Balaban J connectivity index is 1.53. The standard InChI is InChI=1S/C21H20N2O3/c24-20(12-11-16-6-2-1-3-7-16)23-18-9-4-8-17(14-18)21(25)22-15-19-10-5-13-26-19/h1-10,13-14H,11-12,15H2,(H,22,25)(H,23,24). The van der Waals surface area contributed by atoms with Gasteiger partial charge in [0.25, 0.3) is 5.91 Å². The molecule has 0 unspecified atom stereocenters. The molecule has 0 aliphatic heterocycles. The van der Waals surface area contributed by atoms with E-state index in [0.717, 1.165) is 5.56 Å². The number of aryl methyl sites for hydroxylation is 1. The van der Waals surface area contributed by atoms with Crippen LogP contribution in [0.2, 0.25) is 0 Å². The molecule has 2 N–H and O–H groups in total. The predicted molar refractivity (Wildman–Crippen MR) is 99.7 cm³/mol. The molecule has 26 heavy (non-hydrogen) atoms. The van der Waals surface area contributed by atoms with Gasteiger partial charge in [-0.3, -0.25) is 9.59 Å². The minimum absolute atomic E-state index is 0.0815. The van der Waals surface area contributed by atoms with E-state index in [4.69, 9.17) is 4.42 Å². The Morgan fingerprint density at radius 3 is 2.54 bits per heavy atom. The SMILES string of the molecule is O=C(CCc1ccccc1)Nc1cccc(C(=O)NCc2ccco2)c1. The van der Waals surface area contributed by atoms with Gasteiger partial charge in [-0.15, -0.1) is 0 Å². The Morgan fingerprint density at radius 2 is 1.77 bits per heavy atom. The predicted octanol–water partition coefficient (Wildman–Crippen LogP) is 3.78. The molecule has 2 aromatic carbocycles. The maximum Gasteiger partial charge on any atom is 0.251 e. The van der Waals surface area contributed by atoms with E-state index in [9.17, 15) is 9.59 Å². The van der Waals surface area contributed by atoms with Crippen LogP contribution in [0, 0.1) is 0 Å². The van der Waals surface area contributed by atoms with Gasteiger partial charge in [0.1, 0.15) is 5.76 Å². The molecule has 0 saturated heterocycles. The summed E-state index contributed by atoms with van der Waals surface area (Å²) in [4.78, 5) is 24.3. The Labute approximate surface area is 152 Å². The van der Waals surface area contributed by atoms with Crippen molar-refractivity contribution >= 4 is 17.5 Å². The van der Waals surface area contributed by atoms with Crippen LogP contribution in [0.25, 0.3) is 0 Å². The number of carbonyl (C=O) groups is 2. The second-order valence-electron chi connectivity index (χ2n) is 5.88. The average Bonchev–Trinajstić information content (AvgIpc) is 3.19. The molecule has 5 heteroatoms. The molecular weight excluding hydrogens is 328 g/mol. The molecule has 0 fully saturated rings. The summed E-state index contributed by atoms with van der Waals surface area (Å²) in [6.07, 6.45) is 2.63. The molecule has 1 aromatic heterocycles. The third-order valence-electron chi connectivity index (χ3n) is 3.90. The minimum atomic E-state index is -0.221. The van der Waals surface area contributed by atoms with E-state index in [0.29, 0.717) is 36.4 Å². The van der Waals surface area contributed by atoms with Gasteiger partial charge in [-0.05, 0) is 42.3 Å². The number of hydrogen-bond acceptors (Lipinski definition) is 3. The first-order chi connectivity index (χ1) is 12.7. The van der Waals surface area contributed by atoms with Crippen molar-refractivity contribution in [1.82, 2.24) is 5.32 Å². The molecule has 2 amide bonds. The highest BCUT2D eigenvalue weighted by atomic mass is 16.3. The van der Waals surface area contributed by atoms with Crippen molar-refractivity contribution in [3.05, 3.63) is 89.9 Å². The second kappa shape index (κ2) is 8.67. The molecule has 0 spiro atoms. The molecule has 132 valence electrons. The number of amides is 2. The zero-order valence-electron chi connectivity index (χ0n) is 14.3. The summed E-state index contributed by atoms with van der Waals surface area (Å²) < 4.78 is 5.19. The summed E-state index contributed by atoms with van der Waals surface area (Å²) in [5, 5.41) is 5.62. The van der Waals surface area contributed by atoms with E-state index in [1.165, 1.54) is 0 Å². The van der Waals surface area contributed by atoms with Gasteiger partial charge in [-0.25, -0.2) is 0 Å². The zero-order valence-corrected chi connectivity index (χ0v) is 14.3. The van der Waals surface area contributed by atoms with Crippen LogP contribution in [-0.4, -0.2) is 11.8 Å². The maximum absolute atomic E-state index is 12.2. The minimum Gasteiger partial charge on any atom is -0.467 e. The lowest BCUT2D eigenvalue weighted by Crippen LogP contribution is -2.22. The van der Waals surface area contributed by atoms with Crippen molar-refractivity contribution < 1.29 is 14.0 Å². The van der Waals surface area contributed by atoms with E-state index in [2.05, 4.69) is 10.6 Å². The summed E-state index contributed by atoms with van der Waals surface area (Å²) in [6.45, 7) is 0.319.